The van der Waals surface area contributed by atoms with Gasteiger partial charge in [0.15, 0.2) is 0 Å². The maximum atomic E-state index is 12.3. The lowest BCUT2D eigenvalue weighted by atomic mass is 10.1. The van der Waals surface area contributed by atoms with E-state index < -0.39 is 11.8 Å². The first-order chi connectivity index (χ1) is 12.0. The molecule has 2 heterocycles. The molecule has 128 valence electrons. The van der Waals surface area contributed by atoms with Crippen molar-refractivity contribution in [3.63, 3.8) is 0 Å². The van der Waals surface area contributed by atoms with Crippen LogP contribution in [-0.2, 0) is 7.05 Å². The Hall–Kier alpha value is -3.42. The number of hydrogen-bond acceptors (Lipinski definition) is 4. The molecule has 3 rings (SSSR count). The van der Waals surface area contributed by atoms with Crippen molar-refractivity contribution in [3.05, 3.63) is 59.0 Å². The number of nitrogens with one attached hydrogen (secondary N) is 3. The van der Waals surface area contributed by atoms with Gasteiger partial charge in [-0.05, 0) is 19.9 Å². The Morgan fingerprint density at radius 1 is 1.08 bits per heavy atom. The summed E-state index contributed by atoms with van der Waals surface area (Å²) in [7, 11) is 1.76. The molecule has 8 nitrogen and oxygen atoms in total. The number of aromatic nitrogens is 4. The van der Waals surface area contributed by atoms with Crippen molar-refractivity contribution >= 4 is 11.8 Å². The maximum absolute atomic E-state index is 12.3. The Balaban J connectivity index is 1.67. The van der Waals surface area contributed by atoms with E-state index in [-0.39, 0.29) is 5.69 Å². The van der Waals surface area contributed by atoms with Crippen molar-refractivity contribution in [1.82, 2.24) is 30.8 Å². The summed E-state index contributed by atoms with van der Waals surface area (Å²) in [5.41, 5.74) is 8.33. The first-order valence-corrected chi connectivity index (χ1v) is 7.69. The molecule has 0 spiro atoms. The molecule has 3 aromatic rings. The van der Waals surface area contributed by atoms with Crippen LogP contribution in [0, 0.1) is 13.8 Å². The van der Waals surface area contributed by atoms with E-state index in [0.29, 0.717) is 17.0 Å². The van der Waals surface area contributed by atoms with Crippen molar-refractivity contribution < 1.29 is 9.59 Å². The minimum Gasteiger partial charge on any atom is -0.272 e. The van der Waals surface area contributed by atoms with Crippen molar-refractivity contribution in [2.45, 2.75) is 13.8 Å². The van der Waals surface area contributed by atoms with Gasteiger partial charge in [-0.2, -0.15) is 10.2 Å². The van der Waals surface area contributed by atoms with Gasteiger partial charge in [-0.15, -0.1) is 0 Å². The zero-order valence-corrected chi connectivity index (χ0v) is 14.1. The third kappa shape index (κ3) is 3.27. The van der Waals surface area contributed by atoms with Crippen LogP contribution in [0.2, 0.25) is 0 Å². The highest BCUT2D eigenvalue weighted by Gasteiger charge is 2.18. The van der Waals surface area contributed by atoms with E-state index >= 15 is 0 Å². The summed E-state index contributed by atoms with van der Waals surface area (Å²) in [5, 5.41) is 11.0. The zero-order chi connectivity index (χ0) is 18.0. The van der Waals surface area contributed by atoms with Crippen molar-refractivity contribution in [2.75, 3.05) is 0 Å². The molecule has 0 aliphatic heterocycles. The third-order valence-electron chi connectivity index (χ3n) is 3.92. The summed E-state index contributed by atoms with van der Waals surface area (Å²) in [6.45, 7) is 3.53. The van der Waals surface area contributed by atoms with E-state index in [4.69, 9.17) is 0 Å². The van der Waals surface area contributed by atoms with E-state index in [1.165, 1.54) is 0 Å². The van der Waals surface area contributed by atoms with Crippen LogP contribution in [0.4, 0.5) is 0 Å². The largest absolute Gasteiger partial charge is 0.287 e. The van der Waals surface area contributed by atoms with Gasteiger partial charge in [0.05, 0.1) is 17.0 Å². The van der Waals surface area contributed by atoms with Crippen LogP contribution in [0.15, 0.2) is 36.4 Å². The molecular weight excluding hydrogens is 320 g/mol. The van der Waals surface area contributed by atoms with Crippen LogP contribution in [0.5, 0.6) is 0 Å². The van der Waals surface area contributed by atoms with Crippen LogP contribution < -0.4 is 10.9 Å². The van der Waals surface area contributed by atoms with Crippen molar-refractivity contribution in [1.29, 1.82) is 0 Å². The second-order valence-electron chi connectivity index (χ2n) is 5.61. The number of aromatic amines is 1. The van der Waals surface area contributed by atoms with Crippen LogP contribution >= 0.6 is 0 Å². The monoisotopic (exact) mass is 338 g/mol. The Morgan fingerprint density at radius 3 is 2.40 bits per heavy atom. The maximum Gasteiger partial charge on any atom is 0.287 e. The Labute approximate surface area is 144 Å². The molecule has 3 N–H and O–H groups in total. The average molecular weight is 338 g/mol. The molecule has 0 fully saturated rings. The summed E-state index contributed by atoms with van der Waals surface area (Å²) in [5.74, 6) is -0.901. The lowest BCUT2D eigenvalue weighted by Crippen LogP contribution is -2.42. The molecule has 0 bridgehead atoms. The van der Waals surface area contributed by atoms with E-state index in [2.05, 4.69) is 26.1 Å². The molecule has 0 aliphatic rings. The second kappa shape index (κ2) is 6.60. The van der Waals surface area contributed by atoms with E-state index in [0.717, 1.165) is 11.3 Å². The number of amides is 2. The zero-order valence-electron chi connectivity index (χ0n) is 14.1. The quantitative estimate of drug-likeness (QED) is 0.629. The third-order valence-corrected chi connectivity index (χ3v) is 3.92. The van der Waals surface area contributed by atoms with Crippen molar-refractivity contribution in [2.24, 2.45) is 7.05 Å². The molecule has 1 aromatic carbocycles. The number of carbonyl (C=O) groups excluding carboxylic acids is 2. The van der Waals surface area contributed by atoms with Gasteiger partial charge in [-0.25, -0.2) is 0 Å². The highest BCUT2D eigenvalue weighted by molar-refractivity contribution is 5.99. The number of carbonyl (C=O) groups is 2. The number of hydrazine groups is 1. The van der Waals surface area contributed by atoms with Crippen LogP contribution in [0.3, 0.4) is 0 Å². The predicted molar refractivity (Wildman–Crippen MR) is 91.6 cm³/mol. The van der Waals surface area contributed by atoms with E-state index in [1.54, 1.807) is 31.6 Å². The van der Waals surface area contributed by atoms with Crippen LogP contribution in [-0.4, -0.2) is 31.8 Å². The molecule has 0 atom stereocenters. The molecule has 2 aromatic heterocycles. The SMILES string of the molecule is Cc1nn(C)c(C)c1C(=O)NNC(=O)c1cc(-c2ccccc2)n[nH]1. The highest BCUT2D eigenvalue weighted by Crippen LogP contribution is 2.16. The first-order valence-electron chi connectivity index (χ1n) is 7.69. The van der Waals surface area contributed by atoms with Crippen LogP contribution in [0.1, 0.15) is 32.2 Å². The molecular formula is C17H18N6O2. The molecule has 0 saturated heterocycles. The normalized spacial score (nSPS) is 10.5. The van der Waals surface area contributed by atoms with Gasteiger partial charge >= 0.3 is 0 Å². The van der Waals surface area contributed by atoms with Crippen molar-refractivity contribution in [3.8, 4) is 11.3 Å². The number of rotatable bonds is 3. The standard InChI is InChI=1S/C17H18N6O2/c1-10-15(11(2)23(3)22-10)17(25)21-20-16(24)14-9-13(18-19-14)12-7-5-4-6-8-12/h4-9H,1-3H3,(H,18,19)(H,20,24)(H,21,25). The first kappa shape index (κ1) is 16.4. The highest BCUT2D eigenvalue weighted by atomic mass is 16.2. The van der Waals surface area contributed by atoms with Gasteiger partial charge < -0.3 is 0 Å². The number of hydrogen-bond donors (Lipinski definition) is 3. The van der Waals surface area contributed by atoms with Gasteiger partial charge in [-0.1, -0.05) is 30.3 Å². The topological polar surface area (TPSA) is 105 Å². The summed E-state index contributed by atoms with van der Waals surface area (Å²) >= 11 is 0. The Morgan fingerprint density at radius 2 is 1.76 bits per heavy atom. The number of nitrogens with zero attached hydrogens (tertiary/aromatic N) is 3. The average Bonchev–Trinajstić information content (AvgIpc) is 3.19. The number of aryl methyl sites for hydroxylation is 2. The molecule has 0 aliphatic carbocycles. The second-order valence-corrected chi connectivity index (χ2v) is 5.61. The van der Waals surface area contributed by atoms with Gasteiger partial charge in [0.1, 0.15) is 5.69 Å². The van der Waals surface area contributed by atoms with Gasteiger partial charge in [-0.3, -0.25) is 30.2 Å². The fraction of sp³-hybridized carbons (Fsp3) is 0.176. The van der Waals surface area contributed by atoms with Crippen LogP contribution in [0.25, 0.3) is 11.3 Å². The Bertz CT molecular complexity index is 926. The molecule has 2 amide bonds. The van der Waals surface area contributed by atoms with E-state index in [9.17, 15) is 9.59 Å². The molecule has 25 heavy (non-hydrogen) atoms. The molecule has 0 radical (unpaired) electrons. The van der Waals surface area contributed by atoms with Gasteiger partial charge in [0, 0.05) is 18.3 Å². The fourth-order valence-corrected chi connectivity index (χ4v) is 2.54. The molecule has 8 heteroatoms. The van der Waals surface area contributed by atoms with E-state index in [1.807, 2.05) is 30.3 Å². The lowest BCUT2D eigenvalue weighted by Gasteiger charge is -2.06. The smallest absolute Gasteiger partial charge is 0.272 e. The summed E-state index contributed by atoms with van der Waals surface area (Å²) in [4.78, 5) is 24.4. The fourth-order valence-electron chi connectivity index (χ4n) is 2.54. The Kier molecular flexibility index (Phi) is 4.34. The van der Waals surface area contributed by atoms with Gasteiger partial charge in [0.25, 0.3) is 11.8 Å². The number of benzene rings is 1. The molecule has 0 saturated carbocycles. The predicted octanol–water partition coefficient (Wildman–Crippen LogP) is 1.50. The minimum absolute atomic E-state index is 0.249. The summed E-state index contributed by atoms with van der Waals surface area (Å²) in [6, 6.07) is 11.1. The van der Waals surface area contributed by atoms with Gasteiger partial charge in [0.2, 0.25) is 0 Å². The summed E-state index contributed by atoms with van der Waals surface area (Å²) < 4.78 is 1.62. The molecule has 0 unspecified atom stereocenters. The summed E-state index contributed by atoms with van der Waals surface area (Å²) in [6.07, 6.45) is 0. The lowest BCUT2D eigenvalue weighted by molar-refractivity contribution is 0.0843. The number of H-pyrrole nitrogens is 1. The minimum atomic E-state index is -0.484.